The molecule has 0 N–H and O–H groups in total. The molecular weight excluding hydrogens is 504 g/mol. The Labute approximate surface area is 245 Å². The Morgan fingerprint density at radius 1 is 0.405 bits per heavy atom. The van der Waals surface area contributed by atoms with E-state index in [0.29, 0.717) is 0 Å². The van der Waals surface area contributed by atoms with Crippen molar-refractivity contribution in [3.05, 3.63) is 179 Å². The highest BCUT2D eigenvalue weighted by molar-refractivity contribution is 6.14. The zero-order valence-corrected chi connectivity index (χ0v) is 23.1. The fraction of sp³-hybridized carbons (Fsp3) is 0.0476. The molecule has 10 rings (SSSR count). The maximum Gasteiger partial charge on any atom is 0.0728 e. The molecule has 7 aromatic rings. The Hall–Kier alpha value is -5.20. The van der Waals surface area contributed by atoms with Crippen LogP contribution in [0.15, 0.2) is 146 Å². The van der Waals surface area contributed by atoms with Crippen molar-refractivity contribution >= 4 is 10.8 Å². The standard InChI is InChI=1S/C42H26/c1-2-12-26(13-3-1)27-22-23-31-30-16-8-10-20-36(30)42(38(31)25-27)37-21-11-9-19-34(37)40-33-18-7-6-17-32(33)39-29-15-5-4-14-28(29)24-35(39)41(40)42/h1-23,25H,24H2. The first-order chi connectivity index (χ1) is 20.9. The first-order valence-corrected chi connectivity index (χ1v) is 14.9. The predicted octanol–water partition coefficient (Wildman–Crippen LogP) is 10.4. The zero-order valence-electron chi connectivity index (χ0n) is 23.1. The number of rotatable bonds is 1. The van der Waals surface area contributed by atoms with E-state index in [-0.39, 0.29) is 5.41 Å². The number of fused-ring (bicyclic) bond motifs is 17. The van der Waals surface area contributed by atoms with Crippen LogP contribution in [0.3, 0.4) is 0 Å². The molecule has 1 spiro atoms. The Kier molecular flexibility index (Phi) is 4.26. The molecule has 42 heavy (non-hydrogen) atoms. The molecule has 0 heteroatoms. The molecule has 0 nitrogen and oxygen atoms in total. The molecular formula is C42H26. The number of hydrogen-bond donors (Lipinski definition) is 0. The fourth-order valence-electron chi connectivity index (χ4n) is 8.59. The van der Waals surface area contributed by atoms with Crippen molar-refractivity contribution in [2.75, 3.05) is 0 Å². The van der Waals surface area contributed by atoms with Gasteiger partial charge in [0, 0.05) is 0 Å². The molecule has 0 fully saturated rings. The van der Waals surface area contributed by atoms with Gasteiger partial charge in [-0.1, -0.05) is 140 Å². The van der Waals surface area contributed by atoms with Crippen molar-refractivity contribution in [3.8, 4) is 44.5 Å². The number of benzene rings is 7. The third-order valence-corrected chi connectivity index (χ3v) is 10.1. The smallest absolute Gasteiger partial charge is 0.0622 e. The highest BCUT2D eigenvalue weighted by Gasteiger charge is 2.54. The van der Waals surface area contributed by atoms with Crippen molar-refractivity contribution in [1.29, 1.82) is 0 Å². The van der Waals surface area contributed by atoms with Crippen LogP contribution in [0.2, 0.25) is 0 Å². The molecule has 0 saturated heterocycles. The molecule has 0 radical (unpaired) electrons. The maximum atomic E-state index is 2.50. The van der Waals surface area contributed by atoms with Gasteiger partial charge in [0.25, 0.3) is 0 Å². The fourth-order valence-corrected chi connectivity index (χ4v) is 8.59. The van der Waals surface area contributed by atoms with Crippen LogP contribution >= 0.6 is 0 Å². The average Bonchev–Trinajstić information content (AvgIpc) is 3.69. The molecule has 3 aliphatic carbocycles. The van der Waals surface area contributed by atoms with Gasteiger partial charge < -0.3 is 0 Å². The quantitative estimate of drug-likeness (QED) is 0.198. The van der Waals surface area contributed by atoms with Crippen LogP contribution in [0.5, 0.6) is 0 Å². The van der Waals surface area contributed by atoms with E-state index >= 15 is 0 Å². The minimum absolute atomic E-state index is 0.376. The number of hydrogen-bond acceptors (Lipinski definition) is 0. The summed E-state index contributed by atoms with van der Waals surface area (Å²) in [6.45, 7) is 0. The van der Waals surface area contributed by atoms with Gasteiger partial charge in [-0.3, -0.25) is 0 Å². The third kappa shape index (κ3) is 2.59. The molecule has 1 atom stereocenters. The Balaban J connectivity index is 1.43. The SMILES string of the molecule is c1ccc(-c2ccc3c(c2)C2(c4ccccc4-3)c3ccccc3-c3c2c2c(c4ccccc34)-c3ccccc3C2)cc1. The van der Waals surface area contributed by atoms with Crippen LogP contribution in [-0.4, -0.2) is 0 Å². The maximum absolute atomic E-state index is 2.50. The zero-order chi connectivity index (χ0) is 27.4. The van der Waals surface area contributed by atoms with Gasteiger partial charge in [-0.15, -0.1) is 0 Å². The Bertz CT molecular complexity index is 2270. The summed E-state index contributed by atoms with van der Waals surface area (Å²) in [5, 5.41) is 2.73. The van der Waals surface area contributed by atoms with Crippen LogP contribution in [0.1, 0.15) is 33.4 Å². The molecule has 7 aromatic carbocycles. The molecule has 0 aromatic heterocycles. The van der Waals surface area contributed by atoms with E-state index in [9.17, 15) is 0 Å². The summed E-state index contributed by atoms with van der Waals surface area (Å²) in [7, 11) is 0. The lowest BCUT2D eigenvalue weighted by Gasteiger charge is -2.33. The van der Waals surface area contributed by atoms with E-state index in [4.69, 9.17) is 0 Å². The Morgan fingerprint density at radius 2 is 1.00 bits per heavy atom. The predicted molar refractivity (Wildman–Crippen MR) is 174 cm³/mol. The molecule has 0 saturated carbocycles. The summed E-state index contributed by atoms with van der Waals surface area (Å²) in [6.07, 6.45) is 0.963. The molecule has 0 aliphatic heterocycles. The van der Waals surface area contributed by atoms with Crippen LogP contribution in [0, 0.1) is 0 Å². The first kappa shape index (κ1) is 22.5. The second-order valence-corrected chi connectivity index (χ2v) is 12.0. The van der Waals surface area contributed by atoms with Gasteiger partial charge in [-0.05, 0) is 101 Å². The average molecular weight is 531 g/mol. The van der Waals surface area contributed by atoms with E-state index in [1.807, 2.05) is 0 Å². The van der Waals surface area contributed by atoms with Gasteiger partial charge in [0.2, 0.25) is 0 Å². The largest absolute Gasteiger partial charge is 0.0728 e. The summed E-state index contributed by atoms with van der Waals surface area (Å²) >= 11 is 0. The van der Waals surface area contributed by atoms with Crippen molar-refractivity contribution in [2.45, 2.75) is 11.8 Å². The van der Waals surface area contributed by atoms with Gasteiger partial charge >= 0.3 is 0 Å². The van der Waals surface area contributed by atoms with Crippen LogP contribution in [0.4, 0.5) is 0 Å². The molecule has 194 valence electrons. The second kappa shape index (κ2) is 7.96. The van der Waals surface area contributed by atoms with Gasteiger partial charge in [0.15, 0.2) is 0 Å². The van der Waals surface area contributed by atoms with Gasteiger partial charge in [-0.2, -0.15) is 0 Å². The van der Waals surface area contributed by atoms with E-state index in [1.54, 1.807) is 0 Å². The second-order valence-electron chi connectivity index (χ2n) is 12.0. The van der Waals surface area contributed by atoms with Crippen molar-refractivity contribution in [2.24, 2.45) is 0 Å². The molecule has 0 amide bonds. The van der Waals surface area contributed by atoms with Crippen molar-refractivity contribution < 1.29 is 0 Å². The minimum Gasteiger partial charge on any atom is -0.0622 e. The normalized spacial score (nSPS) is 16.6. The summed E-state index contributed by atoms with van der Waals surface area (Å²) in [5.41, 5.74) is 19.1. The van der Waals surface area contributed by atoms with E-state index < -0.39 is 0 Å². The molecule has 0 heterocycles. The first-order valence-electron chi connectivity index (χ1n) is 14.9. The monoisotopic (exact) mass is 530 g/mol. The highest BCUT2D eigenvalue weighted by atomic mass is 14.5. The van der Waals surface area contributed by atoms with Gasteiger partial charge in [0.05, 0.1) is 5.41 Å². The molecule has 0 bridgehead atoms. The highest BCUT2D eigenvalue weighted by Crippen LogP contribution is 2.66. The minimum atomic E-state index is -0.376. The van der Waals surface area contributed by atoms with Crippen LogP contribution in [0.25, 0.3) is 55.3 Å². The third-order valence-electron chi connectivity index (χ3n) is 10.1. The van der Waals surface area contributed by atoms with Gasteiger partial charge in [0.1, 0.15) is 0 Å². The van der Waals surface area contributed by atoms with Crippen molar-refractivity contribution in [1.82, 2.24) is 0 Å². The molecule has 1 unspecified atom stereocenters. The lowest BCUT2D eigenvalue weighted by Crippen LogP contribution is -2.27. The summed E-state index contributed by atoms with van der Waals surface area (Å²) in [6, 6.07) is 54.6. The lowest BCUT2D eigenvalue weighted by molar-refractivity contribution is 0.785. The summed E-state index contributed by atoms with van der Waals surface area (Å²) in [4.78, 5) is 0. The van der Waals surface area contributed by atoms with E-state index in [1.165, 1.54) is 88.7 Å². The Morgan fingerprint density at radius 3 is 1.81 bits per heavy atom. The van der Waals surface area contributed by atoms with Crippen LogP contribution < -0.4 is 0 Å². The van der Waals surface area contributed by atoms with Crippen LogP contribution in [-0.2, 0) is 11.8 Å². The summed E-state index contributed by atoms with van der Waals surface area (Å²) < 4.78 is 0. The summed E-state index contributed by atoms with van der Waals surface area (Å²) in [5.74, 6) is 0. The molecule has 3 aliphatic rings. The topological polar surface area (TPSA) is 0 Å². The van der Waals surface area contributed by atoms with Crippen molar-refractivity contribution in [3.63, 3.8) is 0 Å². The van der Waals surface area contributed by atoms with Gasteiger partial charge in [-0.25, -0.2) is 0 Å². The van der Waals surface area contributed by atoms with E-state index in [2.05, 4.69) is 146 Å². The van der Waals surface area contributed by atoms with E-state index in [0.717, 1.165) is 6.42 Å². The lowest BCUT2D eigenvalue weighted by atomic mass is 9.68.